The lowest BCUT2D eigenvalue weighted by Crippen LogP contribution is -2.18. The average Bonchev–Trinajstić information content (AvgIpc) is 2.92. The van der Waals surface area contributed by atoms with Gasteiger partial charge in [0.25, 0.3) is 0 Å². The Bertz CT molecular complexity index is 617. The Labute approximate surface area is 113 Å². The van der Waals surface area contributed by atoms with Crippen LogP contribution < -0.4 is 5.73 Å². The summed E-state index contributed by atoms with van der Waals surface area (Å²) in [5.74, 6) is 0.229. The lowest BCUT2D eigenvalue weighted by atomic mass is 10.2. The van der Waals surface area contributed by atoms with E-state index in [0.717, 1.165) is 0 Å². The fourth-order valence-electron chi connectivity index (χ4n) is 2.32. The minimum atomic E-state index is -0.720. The highest BCUT2D eigenvalue weighted by Crippen LogP contribution is 2.32. The Kier molecular flexibility index (Phi) is 3.06. The first-order valence-corrected chi connectivity index (χ1v) is 6.21. The number of imidazole rings is 1. The van der Waals surface area contributed by atoms with Crippen molar-refractivity contribution >= 4 is 28.5 Å². The molecule has 4 N–H and O–H groups in total. The Morgan fingerprint density at radius 3 is 3.05 bits per heavy atom. The van der Waals surface area contributed by atoms with E-state index in [1.165, 1.54) is 6.33 Å². The van der Waals surface area contributed by atoms with Crippen LogP contribution >= 0.6 is 11.6 Å². The molecular formula is C11H13ClN4O3. The van der Waals surface area contributed by atoms with E-state index in [-0.39, 0.29) is 23.7 Å². The van der Waals surface area contributed by atoms with Crippen LogP contribution in [0, 0.1) is 0 Å². The van der Waals surface area contributed by atoms with Gasteiger partial charge in [-0.25, -0.2) is 9.97 Å². The molecule has 0 saturated carbocycles. The van der Waals surface area contributed by atoms with Crippen LogP contribution in [0.3, 0.4) is 0 Å². The first kappa shape index (κ1) is 12.6. The first-order chi connectivity index (χ1) is 9.10. The summed E-state index contributed by atoms with van der Waals surface area (Å²) in [6.07, 6.45) is 0.178. The van der Waals surface area contributed by atoms with E-state index < -0.39 is 12.3 Å². The second-order valence-electron chi connectivity index (χ2n) is 4.48. The van der Waals surface area contributed by atoms with Crippen molar-refractivity contribution in [3.8, 4) is 0 Å². The molecule has 1 aliphatic heterocycles. The highest BCUT2D eigenvalue weighted by atomic mass is 35.5. The Balaban J connectivity index is 2.06. The molecular weight excluding hydrogens is 272 g/mol. The highest BCUT2D eigenvalue weighted by molar-refractivity contribution is 6.30. The zero-order valence-corrected chi connectivity index (χ0v) is 10.7. The number of anilines is 1. The molecule has 0 bridgehead atoms. The van der Waals surface area contributed by atoms with Crippen molar-refractivity contribution < 1.29 is 14.9 Å². The lowest BCUT2D eigenvalue weighted by Gasteiger charge is -2.17. The van der Waals surface area contributed by atoms with E-state index in [1.54, 1.807) is 10.6 Å². The largest absolute Gasteiger partial charge is 0.394 e. The first-order valence-electron chi connectivity index (χ1n) is 5.83. The number of nitrogen functional groups attached to an aromatic ring is 1. The molecule has 3 unspecified atom stereocenters. The van der Waals surface area contributed by atoms with Gasteiger partial charge in [0.2, 0.25) is 0 Å². The Morgan fingerprint density at radius 1 is 1.58 bits per heavy atom. The minimum Gasteiger partial charge on any atom is -0.394 e. The number of hydrogen-bond acceptors (Lipinski definition) is 6. The molecule has 3 rings (SSSR count). The smallest absolute Gasteiger partial charge is 0.161 e. The molecule has 0 aromatic carbocycles. The number of pyridine rings is 1. The lowest BCUT2D eigenvalue weighted by molar-refractivity contribution is -0.0484. The molecule has 1 saturated heterocycles. The van der Waals surface area contributed by atoms with Gasteiger partial charge in [-0.15, -0.1) is 0 Å². The molecule has 8 heteroatoms. The summed E-state index contributed by atoms with van der Waals surface area (Å²) in [4.78, 5) is 8.07. The van der Waals surface area contributed by atoms with Gasteiger partial charge in [0.05, 0.1) is 24.6 Å². The van der Waals surface area contributed by atoms with Gasteiger partial charge in [0, 0.05) is 12.5 Å². The second kappa shape index (κ2) is 4.61. The van der Waals surface area contributed by atoms with E-state index >= 15 is 0 Å². The zero-order chi connectivity index (χ0) is 13.6. The van der Waals surface area contributed by atoms with Gasteiger partial charge in [0.1, 0.15) is 16.8 Å². The Hall–Kier alpha value is -1.41. The van der Waals surface area contributed by atoms with Gasteiger partial charge in [-0.3, -0.25) is 0 Å². The molecule has 0 spiro atoms. The maximum Gasteiger partial charge on any atom is 0.161 e. The highest BCUT2D eigenvalue weighted by Gasteiger charge is 2.35. The summed E-state index contributed by atoms with van der Waals surface area (Å²) >= 11 is 5.88. The van der Waals surface area contributed by atoms with Crippen molar-refractivity contribution in [3.05, 3.63) is 17.5 Å². The summed E-state index contributed by atoms with van der Waals surface area (Å²) in [6, 6.07) is 1.61. The number of aromatic nitrogens is 3. The average molecular weight is 285 g/mol. The number of ether oxygens (including phenoxy) is 1. The molecule has 102 valence electrons. The van der Waals surface area contributed by atoms with Crippen LogP contribution in [-0.2, 0) is 4.74 Å². The number of halogens is 1. The van der Waals surface area contributed by atoms with Crippen molar-refractivity contribution in [2.75, 3.05) is 12.3 Å². The third kappa shape index (κ3) is 2.04. The predicted molar refractivity (Wildman–Crippen MR) is 68.6 cm³/mol. The molecule has 1 aliphatic rings. The molecule has 19 heavy (non-hydrogen) atoms. The number of aliphatic hydroxyl groups is 2. The van der Waals surface area contributed by atoms with E-state index in [1.807, 2.05) is 0 Å². The summed E-state index contributed by atoms with van der Waals surface area (Å²) in [5, 5.41) is 19.3. The van der Waals surface area contributed by atoms with Crippen LogP contribution in [-0.4, -0.2) is 43.6 Å². The standard InChI is InChI=1S/C11H13ClN4O3/c12-8-2-6-9(10(13)15-8)14-4-16(6)11-7(18)1-5(3-17)19-11/h2,4-5,7,11,17-18H,1,3H2,(H2,13,15). The fourth-order valence-corrected chi connectivity index (χ4v) is 2.52. The third-order valence-electron chi connectivity index (χ3n) is 3.20. The van der Waals surface area contributed by atoms with Crippen LogP contribution in [0.25, 0.3) is 11.0 Å². The number of fused-ring (bicyclic) bond motifs is 1. The maximum atomic E-state index is 10.00. The summed E-state index contributed by atoms with van der Waals surface area (Å²) in [5.41, 5.74) is 6.89. The van der Waals surface area contributed by atoms with Crippen LogP contribution in [0.5, 0.6) is 0 Å². The molecule has 0 radical (unpaired) electrons. The molecule has 2 aromatic rings. The van der Waals surface area contributed by atoms with Crippen molar-refractivity contribution in [3.63, 3.8) is 0 Å². The number of hydrogen-bond donors (Lipinski definition) is 3. The number of nitrogens with zero attached hydrogens (tertiary/aromatic N) is 3. The van der Waals surface area contributed by atoms with Crippen LogP contribution in [0.4, 0.5) is 5.82 Å². The van der Waals surface area contributed by atoms with Crippen LogP contribution in [0.2, 0.25) is 5.15 Å². The topological polar surface area (TPSA) is 106 Å². The zero-order valence-electron chi connectivity index (χ0n) is 9.90. The van der Waals surface area contributed by atoms with Gasteiger partial charge in [-0.05, 0) is 0 Å². The van der Waals surface area contributed by atoms with Crippen molar-refractivity contribution in [2.45, 2.75) is 24.9 Å². The minimum absolute atomic E-state index is 0.134. The molecule has 0 aliphatic carbocycles. The quantitative estimate of drug-likeness (QED) is 0.685. The SMILES string of the molecule is Nc1nc(Cl)cc2c1ncn2C1OC(CO)CC1O. The third-order valence-corrected chi connectivity index (χ3v) is 3.39. The molecule has 3 atom stereocenters. The van der Waals surface area contributed by atoms with E-state index in [2.05, 4.69) is 9.97 Å². The molecule has 3 heterocycles. The van der Waals surface area contributed by atoms with Crippen LogP contribution in [0.15, 0.2) is 12.4 Å². The number of nitrogens with two attached hydrogens (primary N) is 1. The maximum absolute atomic E-state index is 10.00. The monoisotopic (exact) mass is 284 g/mol. The number of aliphatic hydroxyl groups excluding tert-OH is 2. The van der Waals surface area contributed by atoms with Crippen molar-refractivity contribution in [2.24, 2.45) is 0 Å². The van der Waals surface area contributed by atoms with Gasteiger partial charge in [0.15, 0.2) is 12.0 Å². The van der Waals surface area contributed by atoms with Gasteiger partial charge in [-0.2, -0.15) is 0 Å². The molecule has 2 aromatic heterocycles. The molecule has 0 amide bonds. The second-order valence-corrected chi connectivity index (χ2v) is 4.87. The van der Waals surface area contributed by atoms with Crippen LogP contribution in [0.1, 0.15) is 12.6 Å². The van der Waals surface area contributed by atoms with Gasteiger partial charge >= 0.3 is 0 Å². The van der Waals surface area contributed by atoms with Gasteiger partial charge in [-0.1, -0.05) is 11.6 Å². The summed E-state index contributed by atoms with van der Waals surface area (Å²) < 4.78 is 7.23. The molecule has 7 nitrogen and oxygen atoms in total. The van der Waals surface area contributed by atoms with E-state index in [0.29, 0.717) is 17.5 Å². The summed E-state index contributed by atoms with van der Waals surface area (Å²) in [6.45, 7) is -0.134. The summed E-state index contributed by atoms with van der Waals surface area (Å²) in [7, 11) is 0. The van der Waals surface area contributed by atoms with Gasteiger partial charge < -0.3 is 25.3 Å². The van der Waals surface area contributed by atoms with E-state index in [4.69, 9.17) is 27.2 Å². The molecule has 1 fully saturated rings. The Morgan fingerprint density at radius 2 is 2.37 bits per heavy atom. The number of rotatable bonds is 2. The van der Waals surface area contributed by atoms with E-state index in [9.17, 15) is 5.11 Å². The van der Waals surface area contributed by atoms with Crippen molar-refractivity contribution in [1.82, 2.24) is 14.5 Å². The normalized spacial score (nSPS) is 27.2. The fraction of sp³-hybridized carbons (Fsp3) is 0.455. The van der Waals surface area contributed by atoms with Crippen molar-refractivity contribution in [1.29, 1.82) is 0 Å². The predicted octanol–water partition coefficient (Wildman–Crippen LogP) is 0.308.